The molecule has 0 amide bonds. The number of hydrogen-bond donors (Lipinski definition) is 2. The Bertz CT molecular complexity index is 866. The van der Waals surface area contributed by atoms with E-state index in [0.717, 1.165) is 15.7 Å². The summed E-state index contributed by atoms with van der Waals surface area (Å²) in [5, 5.41) is 3.56. The van der Waals surface area contributed by atoms with Gasteiger partial charge in [0.05, 0.1) is 11.2 Å². The summed E-state index contributed by atoms with van der Waals surface area (Å²) < 4.78 is 20.7. The van der Waals surface area contributed by atoms with E-state index in [1.165, 1.54) is 6.07 Å². The number of aryl methyl sites for hydroxylation is 1. The average molecular weight is 385 g/mol. The summed E-state index contributed by atoms with van der Waals surface area (Å²) in [4.78, 5) is 7.21. The smallest absolute Gasteiger partial charge is 0.219 e. The lowest BCUT2D eigenvalue weighted by Gasteiger charge is -2.10. The molecule has 0 fully saturated rings. The van der Waals surface area contributed by atoms with Gasteiger partial charge in [-0.2, -0.15) is 0 Å². The summed E-state index contributed by atoms with van der Waals surface area (Å²) in [5.74, 6) is 0.0107. The van der Waals surface area contributed by atoms with E-state index in [1.54, 1.807) is 25.5 Å². The number of fused-ring (bicyclic) bond motifs is 1. The van der Waals surface area contributed by atoms with Crippen molar-refractivity contribution in [1.29, 1.82) is 0 Å². The van der Waals surface area contributed by atoms with E-state index in [1.807, 2.05) is 6.92 Å². The number of pyridine rings is 1. The van der Waals surface area contributed by atoms with Crippen LogP contribution in [0.3, 0.4) is 0 Å². The van der Waals surface area contributed by atoms with Crippen LogP contribution in [-0.2, 0) is 0 Å². The molecule has 1 aromatic carbocycles. The molecule has 2 heterocycles. The largest absolute Gasteiger partial charge is 0.435 e. The molecule has 0 saturated heterocycles. The zero-order valence-corrected chi connectivity index (χ0v) is 14.1. The van der Waals surface area contributed by atoms with Crippen LogP contribution in [0, 0.1) is 12.7 Å². The third kappa shape index (κ3) is 2.53. The molecule has 0 bridgehead atoms. The molecule has 114 valence electrons. The third-order valence-corrected chi connectivity index (χ3v) is 4.51. The van der Waals surface area contributed by atoms with Crippen LogP contribution in [0.5, 0.6) is 11.6 Å². The Morgan fingerprint density at radius 2 is 2.18 bits per heavy atom. The maximum Gasteiger partial charge on any atom is 0.219 e. The molecular weight excluding hydrogens is 373 g/mol. The van der Waals surface area contributed by atoms with E-state index in [4.69, 9.17) is 16.3 Å². The van der Waals surface area contributed by atoms with Crippen molar-refractivity contribution in [3.05, 3.63) is 45.4 Å². The summed E-state index contributed by atoms with van der Waals surface area (Å²) >= 11 is 9.44. The molecule has 0 aliphatic rings. The Balaban J connectivity index is 2.14. The van der Waals surface area contributed by atoms with Crippen LogP contribution in [0.4, 0.5) is 10.1 Å². The standard InChI is InChI=1S/C15H12BrClFN3O/c1-7-3-12(20-5-9(7)16)22-15-13(17)10(18)4-8-11(19-2)6-21-14(8)15/h3-6,19,21H,1-2H3. The number of rotatable bonds is 3. The summed E-state index contributed by atoms with van der Waals surface area (Å²) in [6, 6.07) is 3.12. The highest BCUT2D eigenvalue weighted by Crippen LogP contribution is 2.40. The molecule has 0 saturated carbocycles. The minimum absolute atomic E-state index is 0.0839. The Hall–Kier alpha value is -1.79. The van der Waals surface area contributed by atoms with Gasteiger partial charge in [0, 0.05) is 35.4 Å². The SMILES string of the molecule is CNc1c[nH]c2c(Oc3cc(C)c(Br)cn3)c(Cl)c(F)cc12. The summed E-state index contributed by atoms with van der Waals surface area (Å²) in [6.07, 6.45) is 3.36. The van der Waals surface area contributed by atoms with Crippen molar-refractivity contribution in [3.63, 3.8) is 0 Å². The van der Waals surface area contributed by atoms with Crippen LogP contribution in [0.15, 0.2) is 29.0 Å². The van der Waals surface area contributed by atoms with Crippen LogP contribution >= 0.6 is 27.5 Å². The van der Waals surface area contributed by atoms with E-state index in [0.29, 0.717) is 16.8 Å². The van der Waals surface area contributed by atoms with E-state index < -0.39 is 5.82 Å². The van der Waals surface area contributed by atoms with Crippen molar-refractivity contribution in [1.82, 2.24) is 9.97 Å². The van der Waals surface area contributed by atoms with E-state index >= 15 is 0 Å². The zero-order chi connectivity index (χ0) is 15.9. The Kier molecular flexibility index (Phi) is 3.97. The van der Waals surface area contributed by atoms with E-state index in [9.17, 15) is 4.39 Å². The van der Waals surface area contributed by atoms with Gasteiger partial charge in [0.2, 0.25) is 5.88 Å². The second-order valence-electron chi connectivity index (χ2n) is 4.75. The lowest BCUT2D eigenvalue weighted by atomic mass is 10.2. The monoisotopic (exact) mass is 383 g/mol. The number of nitrogens with one attached hydrogen (secondary N) is 2. The molecule has 3 rings (SSSR count). The predicted molar refractivity (Wildman–Crippen MR) is 89.6 cm³/mol. The molecule has 3 aromatic rings. The molecule has 22 heavy (non-hydrogen) atoms. The quantitative estimate of drug-likeness (QED) is 0.647. The van der Waals surface area contributed by atoms with Crippen molar-refractivity contribution in [3.8, 4) is 11.6 Å². The first kappa shape index (κ1) is 15.1. The van der Waals surface area contributed by atoms with Gasteiger partial charge in [0.1, 0.15) is 10.8 Å². The van der Waals surface area contributed by atoms with Gasteiger partial charge in [-0.05, 0) is 34.5 Å². The first-order chi connectivity index (χ1) is 10.5. The first-order valence-corrected chi connectivity index (χ1v) is 7.65. The van der Waals surface area contributed by atoms with Crippen LogP contribution in [0.1, 0.15) is 5.56 Å². The number of anilines is 1. The van der Waals surface area contributed by atoms with Crippen LogP contribution < -0.4 is 10.1 Å². The van der Waals surface area contributed by atoms with Gasteiger partial charge in [-0.25, -0.2) is 9.37 Å². The summed E-state index contributed by atoms with van der Waals surface area (Å²) in [7, 11) is 1.76. The minimum atomic E-state index is -0.547. The van der Waals surface area contributed by atoms with Gasteiger partial charge in [0.15, 0.2) is 5.75 Å². The molecule has 2 aromatic heterocycles. The molecule has 0 aliphatic heterocycles. The van der Waals surface area contributed by atoms with Gasteiger partial charge in [-0.15, -0.1) is 0 Å². The highest BCUT2D eigenvalue weighted by atomic mass is 79.9. The normalized spacial score (nSPS) is 11.0. The van der Waals surface area contributed by atoms with Crippen LogP contribution in [-0.4, -0.2) is 17.0 Å². The maximum atomic E-state index is 14.1. The molecular formula is C15H12BrClFN3O. The second kappa shape index (κ2) is 5.78. The first-order valence-electron chi connectivity index (χ1n) is 6.48. The molecule has 4 nitrogen and oxygen atoms in total. The highest BCUT2D eigenvalue weighted by molar-refractivity contribution is 9.10. The fourth-order valence-electron chi connectivity index (χ4n) is 2.16. The fraction of sp³-hybridized carbons (Fsp3) is 0.133. The molecule has 2 N–H and O–H groups in total. The predicted octanol–water partition coefficient (Wildman–Crippen LogP) is 5.26. The molecule has 0 radical (unpaired) electrons. The van der Waals surface area contributed by atoms with Crippen molar-refractivity contribution < 1.29 is 9.13 Å². The number of hydrogen-bond acceptors (Lipinski definition) is 3. The molecule has 0 unspecified atom stereocenters. The topological polar surface area (TPSA) is 49.9 Å². The van der Waals surface area contributed by atoms with Crippen molar-refractivity contribution in [2.24, 2.45) is 0 Å². The summed E-state index contributed by atoms with van der Waals surface area (Å²) in [6.45, 7) is 1.91. The lowest BCUT2D eigenvalue weighted by molar-refractivity contribution is 0.462. The average Bonchev–Trinajstić information content (AvgIpc) is 2.90. The zero-order valence-electron chi connectivity index (χ0n) is 11.8. The molecule has 0 spiro atoms. The number of benzene rings is 1. The van der Waals surface area contributed by atoms with Gasteiger partial charge in [-0.3, -0.25) is 0 Å². The van der Waals surface area contributed by atoms with Crippen molar-refractivity contribution in [2.45, 2.75) is 6.92 Å². The number of aromatic amines is 1. The van der Waals surface area contributed by atoms with Gasteiger partial charge < -0.3 is 15.0 Å². The molecule has 7 heteroatoms. The van der Waals surface area contributed by atoms with Crippen molar-refractivity contribution >= 4 is 44.1 Å². The van der Waals surface area contributed by atoms with Crippen LogP contribution in [0.2, 0.25) is 5.02 Å². The number of aromatic nitrogens is 2. The Morgan fingerprint density at radius 3 is 2.86 bits per heavy atom. The third-order valence-electron chi connectivity index (χ3n) is 3.33. The van der Waals surface area contributed by atoms with Crippen LogP contribution in [0.25, 0.3) is 10.9 Å². The number of halogens is 3. The molecule has 0 aliphatic carbocycles. The van der Waals surface area contributed by atoms with E-state index in [-0.39, 0.29) is 10.8 Å². The minimum Gasteiger partial charge on any atom is -0.435 e. The maximum absolute atomic E-state index is 14.1. The number of nitrogens with zero attached hydrogens (tertiary/aromatic N) is 1. The summed E-state index contributed by atoms with van der Waals surface area (Å²) in [5.41, 5.74) is 2.32. The van der Waals surface area contributed by atoms with Gasteiger partial charge in [0.25, 0.3) is 0 Å². The Morgan fingerprint density at radius 1 is 1.41 bits per heavy atom. The number of H-pyrrole nitrogens is 1. The van der Waals surface area contributed by atoms with Gasteiger partial charge in [-0.1, -0.05) is 11.6 Å². The molecule has 0 atom stereocenters. The fourth-order valence-corrected chi connectivity index (χ4v) is 2.56. The van der Waals surface area contributed by atoms with Gasteiger partial charge >= 0.3 is 0 Å². The van der Waals surface area contributed by atoms with E-state index in [2.05, 4.69) is 31.2 Å². The van der Waals surface area contributed by atoms with Crippen molar-refractivity contribution in [2.75, 3.05) is 12.4 Å². The highest BCUT2D eigenvalue weighted by Gasteiger charge is 2.18. The Labute approximate surface area is 139 Å². The number of ether oxygens (including phenoxy) is 1. The lowest BCUT2D eigenvalue weighted by Crippen LogP contribution is -1.93. The second-order valence-corrected chi connectivity index (χ2v) is 5.98.